The van der Waals surface area contributed by atoms with Crippen LogP contribution in [0, 0.1) is 5.82 Å². The van der Waals surface area contributed by atoms with Gasteiger partial charge in [0, 0.05) is 6.20 Å². The molecule has 0 radical (unpaired) electrons. The lowest BCUT2D eigenvalue weighted by Gasteiger charge is -1.97. The van der Waals surface area contributed by atoms with Crippen LogP contribution >= 0.6 is 15.9 Å². The van der Waals surface area contributed by atoms with E-state index in [1.54, 1.807) is 0 Å². The number of carboxylic acids is 1. The van der Waals surface area contributed by atoms with Gasteiger partial charge in [-0.05, 0) is 28.1 Å². The summed E-state index contributed by atoms with van der Waals surface area (Å²) in [5, 5.41) is 8.64. The topological polar surface area (TPSA) is 54.6 Å². The van der Waals surface area contributed by atoms with Crippen molar-refractivity contribution in [1.29, 1.82) is 0 Å². The molecule has 0 aromatic carbocycles. The van der Waals surface area contributed by atoms with Gasteiger partial charge < -0.3 is 5.11 Å². The Morgan fingerprint density at radius 2 is 2.33 bits per heavy atom. The van der Waals surface area contributed by atoms with E-state index in [2.05, 4.69) is 20.9 Å². The molecule has 1 N–H and O–H groups in total. The van der Waals surface area contributed by atoms with E-state index in [4.69, 9.17) is 5.11 Å². The van der Waals surface area contributed by atoms with Crippen LogP contribution in [-0.2, 0) is 11.2 Å². The second-order valence-corrected chi connectivity index (χ2v) is 3.74. The molecule has 0 aliphatic rings. The number of halogens is 2. The standard InChI is InChI=1S/C9H6BrFN2O2/c10-9-6-2-1-5(11)4-13(6)7(12-9)3-8(14)15/h1-2,4H,3H2,(H,14,15). The first kappa shape index (κ1) is 10.1. The first-order valence-corrected chi connectivity index (χ1v) is 4.91. The van der Waals surface area contributed by atoms with Gasteiger partial charge in [-0.3, -0.25) is 9.20 Å². The third-order valence-corrected chi connectivity index (χ3v) is 2.52. The van der Waals surface area contributed by atoms with Crippen molar-refractivity contribution in [2.45, 2.75) is 6.42 Å². The summed E-state index contributed by atoms with van der Waals surface area (Å²) in [4.78, 5) is 14.5. The molecule has 15 heavy (non-hydrogen) atoms. The predicted molar refractivity (Wildman–Crippen MR) is 54.2 cm³/mol. The molecule has 0 unspecified atom stereocenters. The summed E-state index contributed by atoms with van der Waals surface area (Å²) in [5.41, 5.74) is 0.646. The van der Waals surface area contributed by atoms with E-state index >= 15 is 0 Å². The minimum absolute atomic E-state index is 0.240. The van der Waals surface area contributed by atoms with Crippen LogP contribution in [0.25, 0.3) is 5.52 Å². The van der Waals surface area contributed by atoms with Gasteiger partial charge in [0.05, 0.1) is 5.52 Å². The average molecular weight is 273 g/mol. The molecule has 0 atom stereocenters. The molecule has 0 aliphatic heterocycles. The number of aromatic nitrogens is 2. The summed E-state index contributed by atoms with van der Waals surface area (Å²) in [5.74, 6) is -1.14. The summed E-state index contributed by atoms with van der Waals surface area (Å²) in [6.45, 7) is 0. The quantitative estimate of drug-likeness (QED) is 0.908. The Bertz CT molecular complexity index is 538. The van der Waals surface area contributed by atoms with E-state index in [0.29, 0.717) is 15.9 Å². The molecule has 0 saturated heterocycles. The van der Waals surface area contributed by atoms with Crippen LogP contribution in [0.4, 0.5) is 4.39 Å². The monoisotopic (exact) mass is 272 g/mol. The molecular formula is C9H6BrFN2O2. The smallest absolute Gasteiger partial charge is 0.311 e. The number of imidazole rings is 1. The normalized spacial score (nSPS) is 10.8. The maximum absolute atomic E-state index is 13.0. The fourth-order valence-electron chi connectivity index (χ4n) is 1.34. The molecule has 6 heteroatoms. The third kappa shape index (κ3) is 1.85. The highest BCUT2D eigenvalue weighted by molar-refractivity contribution is 9.10. The largest absolute Gasteiger partial charge is 0.481 e. The van der Waals surface area contributed by atoms with Crippen molar-refractivity contribution in [1.82, 2.24) is 9.38 Å². The molecule has 2 aromatic rings. The fraction of sp³-hybridized carbons (Fsp3) is 0.111. The minimum Gasteiger partial charge on any atom is -0.481 e. The van der Waals surface area contributed by atoms with Crippen molar-refractivity contribution in [2.75, 3.05) is 0 Å². The highest BCUT2D eigenvalue weighted by Gasteiger charge is 2.12. The molecule has 78 valence electrons. The second kappa shape index (κ2) is 3.62. The molecule has 0 aliphatic carbocycles. The highest BCUT2D eigenvalue weighted by atomic mass is 79.9. The Hall–Kier alpha value is -1.43. The molecule has 2 heterocycles. The summed E-state index contributed by atoms with van der Waals surface area (Å²) >= 11 is 3.18. The van der Waals surface area contributed by atoms with E-state index in [0.717, 1.165) is 0 Å². The molecule has 2 rings (SSSR count). The zero-order chi connectivity index (χ0) is 11.0. The second-order valence-electron chi connectivity index (χ2n) is 2.99. The van der Waals surface area contributed by atoms with Crippen LogP contribution in [0.5, 0.6) is 0 Å². The van der Waals surface area contributed by atoms with Gasteiger partial charge in [0.2, 0.25) is 0 Å². The number of rotatable bonds is 2. The van der Waals surface area contributed by atoms with E-state index in [1.807, 2.05) is 0 Å². The lowest BCUT2D eigenvalue weighted by Crippen LogP contribution is -2.04. The van der Waals surface area contributed by atoms with Crippen molar-refractivity contribution in [3.05, 3.63) is 34.6 Å². The molecule has 0 bridgehead atoms. The van der Waals surface area contributed by atoms with Gasteiger partial charge in [-0.2, -0.15) is 0 Å². The molecule has 0 fully saturated rings. The molecular weight excluding hydrogens is 267 g/mol. The number of carboxylic acid groups (broad SMARTS) is 1. The number of hydrogen-bond donors (Lipinski definition) is 1. The van der Waals surface area contributed by atoms with Gasteiger partial charge in [-0.15, -0.1) is 0 Å². The van der Waals surface area contributed by atoms with Gasteiger partial charge >= 0.3 is 5.97 Å². The first-order valence-electron chi connectivity index (χ1n) is 4.11. The molecule has 2 aromatic heterocycles. The van der Waals surface area contributed by atoms with Gasteiger partial charge in [-0.25, -0.2) is 9.37 Å². The minimum atomic E-state index is -1.00. The number of aliphatic carboxylic acids is 1. The molecule has 0 saturated carbocycles. The van der Waals surface area contributed by atoms with E-state index < -0.39 is 11.8 Å². The van der Waals surface area contributed by atoms with Crippen molar-refractivity contribution in [3.8, 4) is 0 Å². The Morgan fingerprint density at radius 3 is 3.00 bits per heavy atom. The average Bonchev–Trinajstić information content (AvgIpc) is 2.42. The predicted octanol–water partition coefficient (Wildman–Crippen LogP) is 1.86. The summed E-state index contributed by atoms with van der Waals surface area (Å²) < 4.78 is 14.9. The van der Waals surface area contributed by atoms with Gasteiger partial charge in [0.1, 0.15) is 22.7 Å². The number of fused-ring (bicyclic) bond motifs is 1. The van der Waals surface area contributed by atoms with Crippen LogP contribution in [0.15, 0.2) is 22.9 Å². The number of pyridine rings is 1. The SMILES string of the molecule is O=C(O)Cc1nc(Br)c2ccc(F)cn12. The fourth-order valence-corrected chi connectivity index (χ4v) is 1.87. The maximum Gasteiger partial charge on any atom is 0.311 e. The zero-order valence-electron chi connectivity index (χ0n) is 7.44. The van der Waals surface area contributed by atoms with Crippen molar-refractivity contribution >= 4 is 27.4 Å². The maximum atomic E-state index is 13.0. The molecule has 0 amide bonds. The Labute approximate surface area is 92.5 Å². The van der Waals surface area contributed by atoms with Crippen LogP contribution in [0.3, 0.4) is 0 Å². The van der Waals surface area contributed by atoms with Crippen molar-refractivity contribution in [2.24, 2.45) is 0 Å². The van der Waals surface area contributed by atoms with Crippen LogP contribution < -0.4 is 0 Å². The van der Waals surface area contributed by atoms with Crippen molar-refractivity contribution in [3.63, 3.8) is 0 Å². The van der Waals surface area contributed by atoms with Gasteiger partial charge in [-0.1, -0.05) is 0 Å². The number of nitrogens with zero attached hydrogens (tertiary/aromatic N) is 2. The Kier molecular flexibility index (Phi) is 2.44. The highest BCUT2D eigenvalue weighted by Crippen LogP contribution is 2.19. The van der Waals surface area contributed by atoms with E-state index in [1.165, 1.54) is 22.7 Å². The lowest BCUT2D eigenvalue weighted by molar-refractivity contribution is -0.136. The molecule has 0 spiro atoms. The Balaban J connectivity index is 2.64. The molecule has 4 nitrogen and oxygen atoms in total. The van der Waals surface area contributed by atoms with Crippen LogP contribution in [0.1, 0.15) is 5.82 Å². The van der Waals surface area contributed by atoms with E-state index in [9.17, 15) is 9.18 Å². The Morgan fingerprint density at radius 1 is 1.60 bits per heavy atom. The number of carbonyl (C=O) groups is 1. The van der Waals surface area contributed by atoms with Crippen molar-refractivity contribution < 1.29 is 14.3 Å². The van der Waals surface area contributed by atoms with Crippen LogP contribution in [0.2, 0.25) is 0 Å². The summed E-state index contributed by atoms with van der Waals surface area (Å²) in [7, 11) is 0. The van der Waals surface area contributed by atoms with Gasteiger partial charge in [0.25, 0.3) is 0 Å². The first-order chi connectivity index (χ1) is 7.08. The van der Waals surface area contributed by atoms with Crippen LogP contribution in [-0.4, -0.2) is 20.5 Å². The third-order valence-electron chi connectivity index (χ3n) is 1.94. The lowest BCUT2D eigenvalue weighted by atomic mass is 10.4. The summed E-state index contributed by atoms with van der Waals surface area (Å²) in [6, 6.07) is 2.84. The van der Waals surface area contributed by atoms with E-state index in [-0.39, 0.29) is 6.42 Å². The summed E-state index contributed by atoms with van der Waals surface area (Å²) in [6.07, 6.45) is 0.974. The zero-order valence-corrected chi connectivity index (χ0v) is 9.03. The number of hydrogen-bond acceptors (Lipinski definition) is 2. The van der Waals surface area contributed by atoms with Gasteiger partial charge in [0.15, 0.2) is 0 Å².